The van der Waals surface area contributed by atoms with Crippen LogP contribution in [0.5, 0.6) is 11.5 Å². The highest BCUT2D eigenvalue weighted by molar-refractivity contribution is 5.97. The molecule has 0 fully saturated rings. The molecule has 2 aromatic carbocycles. The molecule has 3 rings (SSSR count). The second-order valence-electron chi connectivity index (χ2n) is 6.51. The number of benzene rings is 2. The van der Waals surface area contributed by atoms with Gasteiger partial charge in [-0.15, -0.1) is 0 Å². The first-order valence-corrected chi connectivity index (χ1v) is 9.14. The van der Waals surface area contributed by atoms with E-state index in [0.717, 1.165) is 16.8 Å². The average Bonchev–Trinajstić information content (AvgIpc) is 2.73. The van der Waals surface area contributed by atoms with Crippen molar-refractivity contribution in [1.29, 1.82) is 0 Å². The number of fused-ring (bicyclic) bond motifs is 1. The highest BCUT2D eigenvalue weighted by Crippen LogP contribution is 2.20. The number of carbonyl (C=O) groups is 1. The minimum Gasteiger partial charge on any atom is -0.497 e. The standard InChI is InChI=1S/C22H24N2O4/c1-5-24-13-19(21(25)18-12-17(28-4)10-11-20(18)24)22(26)23-14(2)15-6-8-16(27-3)9-7-15/h6-14H,5H2,1-4H3,(H,23,26)/t14-/m0/s1. The van der Waals surface area contributed by atoms with Gasteiger partial charge in [0.1, 0.15) is 17.1 Å². The number of ether oxygens (including phenoxy) is 2. The van der Waals surface area contributed by atoms with Crippen molar-refractivity contribution in [2.24, 2.45) is 0 Å². The fraction of sp³-hybridized carbons (Fsp3) is 0.273. The van der Waals surface area contributed by atoms with Gasteiger partial charge in [-0.3, -0.25) is 9.59 Å². The summed E-state index contributed by atoms with van der Waals surface area (Å²) in [6.45, 7) is 4.48. The molecule has 28 heavy (non-hydrogen) atoms. The van der Waals surface area contributed by atoms with Crippen LogP contribution in [0.4, 0.5) is 0 Å². The summed E-state index contributed by atoms with van der Waals surface area (Å²) >= 11 is 0. The molecule has 6 nitrogen and oxygen atoms in total. The lowest BCUT2D eigenvalue weighted by molar-refractivity contribution is 0.0938. The average molecular weight is 380 g/mol. The van der Waals surface area contributed by atoms with Crippen molar-refractivity contribution >= 4 is 16.8 Å². The Bertz CT molecular complexity index is 1050. The Morgan fingerprint density at radius 3 is 2.32 bits per heavy atom. The number of rotatable bonds is 6. The van der Waals surface area contributed by atoms with Gasteiger partial charge in [0, 0.05) is 12.7 Å². The van der Waals surface area contributed by atoms with Crippen LogP contribution < -0.4 is 20.2 Å². The monoisotopic (exact) mass is 380 g/mol. The lowest BCUT2D eigenvalue weighted by Gasteiger charge is -2.16. The van der Waals surface area contributed by atoms with Crippen LogP contribution in [-0.4, -0.2) is 24.7 Å². The molecule has 1 heterocycles. The summed E-state index contributed by atoms with van der Waals surface area (Å²) in [5, 5.41) is 3.37. The molecule has 146 valence electrons. The third kappa shape index (κ3) is 3.71. The Kier molecular flexibility index (Phi) is 5.68. The summed E-state index contributed by atoms with van der Waals surface area (Å²) in [6, 6.07) is 12.5. The SMILES string of the molecule is CCn1cc(C(=O)N[C@@H](C)c2ccc(OC)cc2)c(=O)c2cc(OC)ccc21. The molecule has 1 aromatic heterocycles. The molecule has 0 aliphatic rings. The molecular weight excluding hydrogens is 356 g/mol. The van der Waals surface area contributed by atoms with Crippen LogP contribution >= 0.6 is 0 Å². The molecule has 3 aromatic rings. The number of aromatic nitrogens is 1. The van der Waals surface area contributed by atoms with Crippen LogP contribution in [-0.2, 0) is 6.54 Å². The zero-order valence-electron chi connectivity index (χ0n) is 16.5. The molecular formula is C22H24N2O4. The zero-order chi connectivity index (χ0) is 20.3. The number of carbonyl (C=O) groups excluding carboxylic acids is 1. The molecule has 0 saturated heterocycles. The predicted molar refractivity (Wildman–Crippen MR) is 109 cm³/mol. The predicted octanol–water partition coefficient (Wildman–Crippen LogP) is 3.53. The number of methoxy groups -OCH3 is 2. The van der Waals surface area contributed by atoms with E-state index in [1.807, 2.05) is 48.7 Å². The lowest BCUT2D eigenvalue weighted by Crippen LogP contribution is -2.31. The third-order valence-electron chi connectivity index (χ3n) is 4.84. The summed E-state index contributed by atoms with van der Waals surface area (Å²) in [4.78, 5) is 25.8. The molecule has 0 saturated carbocycles. The molecule has 0 aliphatic heterocycles. The van der Waals surface area contributed by atoms with Gasteiger partial charge in [-0.25, -0.2) is 0 Å². The van der Waals surface area contributed by atoms with Crippen molar-refractivity contribution in [1.82, 2.24) is 9.88 Å². The number of nitrogens with one attached hydrogen (secondary N) is 1. The van der Waals surface area contributed by atoms with Crippen LogP contribution in [0.3, 0.4) is 0 Å². The van der Waals surface area contributed by atoms with Crippen LogP contribution in [0.25, 0.3) is 10.9 Å². The topological polar surface area (TPSA) is 69.6 Å². The van der Waals surface area contributed by atoms with Crippen molar-refractivity contribution in [3.63, 3.8) is 0 Å². The highest BCUT2D eigenvalue weighted by atomic mass is 16.5. The summed E-state index contributed by atoms with van der Waals surface area (Å²) in [7, 11) is 3.15. The fourth-order valence-corrected chi connectivity index (χ4v) is 3.18. The smallest absolute Gasteiger partial charge is 0.257 e. The van der Waals surface area contributed by atoms with Gasteiger partial charge in [0.2, 0.25) is 5.43 Å². The first-order valence-electron chi connectivity index (χ1n) is 9.14. The Morgan fingerprint density at radius 2 is 1.71 bits per heavy atom. The number of hydrogen-bond acceptors (Lipinski definition) is 4. The van der Waals surface area contributed by atoms with E-state index >= 15 is 0 Å². The lowest BCUT2D eigenvalue weighted by atomic mass is 10.1. The van der Waals surface area contributed by atoms with Crippen LogP contribution in [0.2, 0.25) is 0 Å². The maximum atomic E-state index is 13.0. The molecule has 0 bridgehead atoms. The highest BCUT2D eigenvalue weighted by Gasteiger charge is 2.18. The van der Waals surface area contributed by atoms with Gasteiger partial charge in [0.25, 0.3) is 5.91 Å². The van der Waals surface area contributed by atoms with Crippen LogP contribution in [0.15, 0.2) is 53.5 Å². The van der Waals surface area contributed by atoms with Crippen molar-refractivity contribution in [3.8, 4) is 11.5 Å². The first-order chi connectivity index (χ1) is 13.5. The molecule has 1 N–H and O–H groups in total. The summed E-state index contributed by atoms with van der Waals surface area (Å²) in [5.74, 6) is 0.924. The molecule has 0 unspecified atom stereocenters. The van der Waals surface area contributed by atoms with Gasteiger partial charge in [-0.2, -0.15) is 0 Å². The largest absolute Gasteiger partial charge is 0.497 e. The van der Waals surface area contributed by atoms with E-state index in [2.05, 4.69) is 5.32 Å². The van der Waals surface area contributed by atoms with Gasteiger partial charge in [0.05, 0.1) is 31.2 Å². The van der Waals surface area contributed by atoms with Gasteiger partial charge in [-0.05, 0) is 49.7 Å². The van der Waals surface area contributed by atoms with E-state index in [1.165, 1.54) is 0 Å². The summed E-state index contributed by atoms with van der Waals surface area (Å²) in [5.41, 5.74) is 1.50. The molecule has 0 spiro atoms. The Balaban J connectivity index is 1.96. The number of pyridine rings is 1. The number of hydrogen-bond donors (Lipinski definition) is 1. The summed E-state index contributed by atoms with van der Waals surface area (Å²) < 4.78 is 12.3. The summed E-state index contributed by atoms with van der Waals surface area (Å²) in [6.07, 6.45) is 1.62. The zero-order valence-corrected chi connectivity index (χ0v) is 16.5. The number of aryl methyl sites for hydroxylation is 1. The van der Waals surface area contributed by atoms with Crippen LogP contribution in [0, 0.1) is 0 Å². The number of amides is 1. The van der Waals surface area contributed by atoms with E-state index in [4.69, 9.17) is 9.47 Å². The van der Waals surface area contributed by atoms with E-state index in [-0.39, 0.29) is 17.0 Å². The quantitative estimate of drug-likeness (QED) is 0.710. The third-order valence-corrected chi connectivity index (χ3v) is 4.84. The van der Waals surface area contributed by atoms with Gasteiger partial charge >= 0.3 is 0 Å². The normalized spacial score (nSPS) is 11.9. The molecule has 1 amide bonds. The Morgan fingerprint density at radius 1 is 1.07 bits per heavy atom. The number of nitrogens with zero attached hydrogens (tertiary/aromatic N) is 1. The second kappa shape index (κ2) is 8.17. The first kappa shape index (κ1) is 19.5. The molecule has 1 atom stereocenters. The molecule has 0 aliphatic carbocycles. The maximum absolute atomic E-state index is 13.0. The van der Waals surface area contributed by atoms with E-state index in [0.29, 0.717) is 17.7 Å². The fourth-order valence-electron chi connectivity index (χ4n) is 3.18. The minimum atomic E-state index is -0.403. The Labute approximate surface area is 163 Å². The second-order valence-corrected chi connectivity index (χ2v) is 6.51. The van der Waals surface area contributed by atoms with E-state index in [1.54, 1.807) is 32.5 Å². The van der Waals surface area contributed by atoms with Gasteiger partial charge < -0.3 is 19.4 Å². The van der Waals surface area contributed by atoms with Crippen LogP contribution in [0.1, 0.15) is 35.8 Å². The van der Waals surface area contributed by atoms with E-state index < -0.39 is 5.91 Å². The van der Waals surface area contributed by atoms with Crippen molar-refractivity contribution in [3.05, 3.63) is 70.0 Å². The van der Waals surface area contributed by atoms with Gasteiger partial charge in [-0.1, -0.05) is 12.1 Å². The van der Waals surface area contributed by atoms with Crippen molar-refractivity contribution in [2.45, 2.75) is 26.4 Å². The van der Waals surface area contributed by atoms with Crippen molar-refractivity contribution in [2.75, 3.05) is 14.2 Å². The molecule has 0 radical (unpaired) electrons. The minimum absolute atomic E-state index is 0.114. The van der Waals surface area contributed by atoms with Crippen molar-refractivity contribution < 1.29 is 14.3 Å². The van der Waals surface area contributed by atoms with Gasteiger partial charge in [0.15, 0.2) is 0 Å². The molecule has 6 heteroatoms. The Hall–Kier alpha value is -3.28. The maximum Gasteiger partial charge on any atom is 0.257 e. The van der Waals surface area contributed by atoms with E-state index in [9.17, 15) is 9.59 Å².